The van der Waals surface area contributed by atoms with Crippen molar-refractivity contribution >= 4 is 18.0 Å². The van der Waals surface area contributed by atoms with Crippen LogP contribution in [0.15, 0.2) is 0 Å². The largest absolute Gasteiger partial charge is 0.480 e. The van der Waals surface area contributed by atoms with Crippen molar-refractivity contribution < 1.29 is 24.2 Å². The second-order valence-corrected chi connectivity index (χ2v) is 4.29. The minimum absolute atomic E-state index is 0.207. The zero-order chi connectivity index (χ0) is 15.0. The van der Waals surface area contributed by atoms with Crippen molar-refractivity contribution in [3.05, 3.63) is 0 Å². The topological polar surface area (TPSA) is 105 Å². The SMILES string of the molecule is CCOC(=O)C(C)NC(=O)N[C@H](C(=O)O)C(C)CC. The normalized spacial score (nSPS) is 14.9. The van der Waals surface area contributed by atoms with Crippen LogP contribution in [0.25, 0.3) is 0 Å². The van der Waals surface area contributed by atoms with Gasteiger partial charge in [-0.1, -0.05) is 20.3 Å². The molecule has 2 unspecified atom stereocenters. The van der Waals surface area contributed by atoms with E-state index >= 15 is 0 Å². The predicted octanol–water partition coefficient (Wildman–Crippen LogP) is 0.737. The quantitative estimate of drug-likeness (QED) is 0.594. The van der Waals surface area contributed by atoms with Crippen molar-refractivity contribution in [3.8, 4) is 0 Å². The van der Waals surface area contributed by atoms with Gasteiger partial charge < -0.3 is 20.5 Å². The summed E-state index contributed by atoms with van der Waals surface area (Å²) in [6.45, 7) is 6.91. The van der Waals surface area contributed by atoms with Crippen molar-refractivity contribution in [1.82, 2.24) is 10.6 Å². The molecule has 0 aliphatic heterocycles. The Bertz CT molecular complexity index is 332. The van der Waals surface area contributed by atoms with E-state index in [2.05, 4.69) is 10.6 Å². The summed E-state index contributed by atoms with van der Waals surface area (Å²) < 4.78 is 4.73. The highest BCUT2D eigenvalue weighted by Crippen LogP contribution is 2.07. The summed E-state index contributed by atoms with van der Waals surface area (Å²) in [7, 11) is 0. The number of ether oxygens (including phenoxy) is 1. The maximum atomic E-state index is 11.6. The van der Waals surface area contributed by atoms with E-state index in [1.54, 1.807) is 13.8 Å². The molecule has 19 heavy (non-hydrogen) atoms. The molecule has 0 aliphatic carbocycles. The number of amides is 2. The zero-order valence-electron chi connectivity index (χ0n) is 11.7. The second-order valence-electron chi connectivity index (χ2n) is 4.29. The molecule has 3 atom stereocenters. The molecule has 0 rings (SSSR count). The van der Waals surface area contributed by atoms with Gasteiger partial charge in [0.15, 0.2) is 0 Å². The third-order valence-corrected chi connectivity index (χ3v) is 2.75. The third-order valence-electron chi connectivity index (χ3n) is 2.75. The number of carbonyl (C=O) groups is 3. The molecule has 0 spiro atoms. The van der Waals surface area contributed by atoms with Crippen molar-refractivity contribution in [3.63, 3.8) is 0 Å². The fraction of sp³-hybridized carbons (Fsp3) is 0.750. The number of rotatable bonds is 7. The summed E-state index contributed by atoms with van der Waals surface area (Å²) in [5, 5.41) is 13.7. The summed E-state index contributed by atoms with van der Waals surface area (Å²) >= 11 is 0. The molecule has 7 heteroatoms. The third kappa shape index (κ3) is 6.08. The average molecular weight is 274 g/mol. The van der Waals surface area contributed by atoms with E-state index in [-0.39, 0.29) is 12.5 Å². The molecule has 0 fully saturated rings. The molecule has 0 saturated heterocycles. The van der Waals surface area contributed by atoms with Gasteiger partial charge in [-0.25, -0.2) is 14.4 Å². The van der Waals surface area contributed by atoms with Gasteiger partial charge in [0.25, 0.3) is 0 Å². The van der Waals surface area contributed by atoms with Crippen LogP contribution in [-0.4, -0.2) is 41.8 Å². The number of esters is 1. The Balaban J connectivity index is 4.42. The van der Waals surface area contributed by atoms with Gasteiger partial charge in [0.1, 0.15) is 12.1 Å². The fourth-order valence-electron chi connectivity index (χ4n) is 1.39. The lowest BCUT2D eigenvalue weighted by atomic mass is 9.99. The van der Waals surface area contributed by atoms with Crippen LogP contribution in [-0.2, 0) is 14.3 Å². The standard InChI is InChI=1S/C12H22N2O5/c1-5-7(3)9(10(15)16)14-12(18)13-8(4)11(17)19-6-2/h7-9H,5-6H2,1-4H3,(H,15,16)(H2,13,14,18)/t7?,8?,9-/m0/s1. The van der Waals surface area contributed by atoms with E-state index in [1.165, 1.54) is 6.92 Å². The van der Waals surface area contributed by atoms with Crippen LogP contribution in [0.3, 0.4) is 0 Å². The van der Waals surface area contributed by atoms with Gasteiger partial charge in [-0.2, -0.15) is 0 Å². The molecular weight excluding hydrogens is 252 g/mol. The van der Waals surface area contributed by atoms with Crippen LogP contribution in [0.1, 0.15) is 34.1 Å². The first kappa shape index (κ1) is 17.2. The molecule has 0 aromatic heterocycles. The number of carboxylic acid groups (broad SMARTS) is 1. The fourth-order valence-corrected chi connectivity index (χ4v) is 1.39. The molecule has 0 aliphatic rings. The minimum atomic E-state index is -1.10. The highest BCUT2D eigenvalue weighted by atomic mass is 16.5. The Morgan fingerprint density at radius 3 is 2.16 bits per heavy atom. The van der Waals surface area contributed by atoms with Gasteiger partial charge in [0.2, 0.25) is 0 Å². The van der Waals surface area contributed by atoms with E-state index in [4.69, 9.17) is 9.84 Å². The van der Waals surface area contributed by atoms with Crippen molar-refractivity contribution in [1.29, 1.82) is 0 Å². The second kappa shape index (κ2) is 8.34. The van der Waals surface area contributed by atoms with Crippen molar-refractivity contribution in [2.45, 2.75) is 46.2 Å². The van der Waals surface area contributed by atoms with E-state index in [0.29, 0.717) is 6.42 Å². The number of nitrogens with one attached hydrogen (secondary N) is 2. The maximum absolute atomic E-state index is 11.6. The lowest BCUT2D eigenvalue weighted by Crippen LogP contribution is -2.52. The van der Waals surface area contributed by atoms with E-state index in [0.717, 1.165) is 0 Å². The molecule has 0 saturated carbocycles. The van der Waals surface area contributed by atoms with Crippen LogP contribution >= 0.6 is 0 Å². The first-order valence-electron chi connectivity index (χ1n) is 6.29. The van der Waals surface area contributed by atoms with Crippen LogP contribution in [0.4, 0.5) is 4.79 Å². The number of hydrogen-bond acceptors (Lipinski definition) is 4. The molecule has 0 heterocycles. The lowest BCUT2D eigenvalue weighted by Gasteiger charge is -2.21. The Labute approximate surface area is 112 Å². The van der Waals surface area contributed by atoms with Crippen LogP contribution in [0, 0.1) is 5.92 Å². The van der Waals surface area contributed by atoms with E-state index < -0.39 is 30.1 Å². The molecule has 0 aromatic carbocycles. The summed E-state index contributed by atoms with van der Waals surface area (Å²) in [5.41, 5.74) is 0. The number of urea groups is 1. The smallest absolute Gasteiger partial charge is 0.328 e. The molecule has 0 bridgehead atoms. The summed E-state index contributed by atoms with van der Waals surface area (Å²) in [5.74, 6) is -1.87. The first-order chi connectivity index (χ1) is 8.83. The maximum Gasteiger partial charge on any atom is 0.328 e. The highest BCUT2D eigenvalue weighted by Gasteiger charge is 2.26. The van der Waals surface area contributed by atoms with E-state index in [1.807, 2.05) is 6.92 Å². The number of carboxylic acids is 1. The van der Waals surface area contributed by atoms with Crippen LogP contribution in [0.2, 0.25) is 0 Å². The van der Waals surface area contributed by atoms with Gasteiger partial charge in [-0.15, -0.1) is 0 Å². The first-order valence-corrected chi connectivity index (χ1v) is 6.29. The zero-order valence-corrected chi connectivity index (χ0v) is 11.7. The molecule has 3 N–H and O–H groups in total. The van der Waals surface area contributed by atoms with Gasteiger partial charge in [-0.3, -0.25) is 0 Å². The molecule has 2 amide bonds. The van der Waals surface area contributed by atoms with Crippen molar-refractivity contribution in [2.24, 2.45) is 5.92 Å². The van der Waals surface area contributed by atoms with Gasteiger partial charge in [0.05, 0.1) is 6.61 Å². The lowest BCUT2D eigenvalue weighted by molar-refractivity contribution is -0.144. The average Bonchev–Trinajstić information content (AvgIpc) is 2.34. The van der Waals surface area contributed by atoms with Gasteiger partial charge >= 0.3 is 18.0 Å². The number of hydrogen-bond donors (Lipinski definition) is 3. The molecule has 7 nitrogen and oxygen atoms in total. The molecule has 110 valence electrons. The Morgan fingerprint density at radius 2 is 1.74 bits per heavy atom. The van der Waals surface area contributed by atoms with Crippen LogP contribution in [0.5, 0.6) is 0 Å². The van der Waals surface area contributed by atoms with Gasteiger partial charge in [-0.05, 0) is 19.8 Å². The summed E-state index contributed by atoms with van der Waals surface area (Å²) in [6.07, 6.45) is 0.616. The van der Waals surface area contributed by atoms with Crippen molar-refractivity contribution in [2.75, 3.05) is 6.61 Å². The summed E-state index contributed by atoms with van der Waals surface area (Å²) in [4.78, 5) is 33.9. The highest BCUT2D eigenvalue weighted by molar-refractivity contribution is 5.86. The Kier molecular flexibility index (Phi) is 7.55. The Hall–Kier alpha value is -1.79. The monoisotopic (exact) mass is 274 g/mol. The minimum Gasteiger partial charge on any atom is -0.480 e. The predicted molar refractivity (Wildman–Crippen MR) is 68.6 cm³/mol. The molecular formula is C12H22N2O5. The Morgan fingerprint density at radius 1 is 1.16 bits per heavy atom. The van der Waals surface area contributed by atoms with Gasteiger partial charge in [0, 0.05) is 0 Å². The van der Waals surface area contributed by atoms with Crippen LogP contribution < -0.4 is 10.6 Å². The van der Waals surface area contributed by atoms with E-state index in [9.17, 15) is 14.4 Å². The summed E-state index contributed by atoms with van der Waals surface area (Å²) in [6, 6.07) is -2.51. The number of carbonyl (C=O) groups excluding carboxylic acids is 2. The number of aliphatic carboxylic acids is 1. The molecule has 0 radical (unpaired) electrons. The molecule has 0 aromatic rings.